The summed E-state index contributed by atoms with van der Waals surface area (Å²) < 4.78 is 2.02. The summed E-state index contributed by atoms with van der Waals surface area (Å²) in [6.45, 7) is 3.08. The van der Waals surface area contributed by atoms with E-state index in [-0.39, 0.29) is 6.04 Å². The molecule has 86 valence electrons. The second kappa shape index (κ2) is 4.94. The second-order valence-corrected chi connectivity index (χ2v) is 3.68. The van der Waals surface area contributed by atoms with Crippen LogP contribution in [0.15, 0.2) is 24.7 Å². The number of hydrogen-bond acceptors (Lipinski definition) is 3. The Balaban J connectivity index is 2.30. The largest absolute Gasteiger partial charge is 0.347 e. The predicted octanol–water partition coefficient (Wildman–Crippen LogP) is 1.32. The van der Waals surface area contributed by atoms with Crippen LogP contribution in [0.25, 0.3) is 0 Å². The molecule has 1 unspecified atom stereocenters. The summed E-state index contributed by atoms with van der Waals surface area (Å²) in [5, 5.41) is 7.57. The molecule has 0 amide bonds. The maximum Gasteiger partial charge on any atom is 0.129 e. The zero-order valence-electron chi connectivity index (χ0n) is 9.64. The second-order valence-electron chi connectivity index (χ2n) is 3.68. The van der Waals surface area contributed by atoms with Gasteiger partial charge in [0.05, 0.1) is 5.69 Å². The van der Waals surface area contributed by atoms with Crippen LogP contribution in [0.3, 0.4) is 0 Å². The molecule has 0 bridgehead atoms. The summed E-state index contributed by atoms with van der Waals surface area (Å²) in [5.41, 5.74) is 1.14. The minimum absolute atomic E-state index is 0.0732. The molecule has 0 fully saturated rings. The minimum Gasteiger partial charge on any atom is -0.347 e. The third-order valence-corrected chi connectivity index (χ3v) is 2.56. The van der Waals surface area contributed by atoms with E-state index in [9.17, 15) is 0 Å². The first-order valence-electron chi connectivity index (χ1n) is 5.55. The third-order valence-electron chi connectivity index (χ3n) is 2.56. The van der Waals surface area contributed by atoms with Crippen LogP contribution in [0, 0.1) is 0 Å². The van der Waals surface area contributed by atoms with E-state index in [0.29, 0.717) is 0 Å². The number of imidazole rings is 1. The topological polar surface area (TPSA) is 58.5 Å². The standard InChI is InChI=1S/C11H17N5/c1-3-8-16-9(4-5-15-16)10(12-2)11-13-6-7-14-11/h4-7,10,12H,3,8H2,1-2H3,(H,13,14). The highest BCUT2D eigenvalue weighted by Gasteiger charge is 2.17. The van der Waals surface area contributed by atoms with Crippen LogP contribution < -0.4 is 5.32 Å². The van der Waals surface area contributed by atoms with Crippen molar-refractivity contribution in [3.8, 4) is 0 Å². The van der Waals surface area contributed by atoms with Gasteiger partial charge in [0.15, 0.2) is 0 Å². The van der Waals surface area contributed by atoms with E-state index >= 15 is 0 Å². The van der Waals surface area contributed by atoms with Crippen LogP contribution >= 0.6 is 0 Å². The Bertz CT molecular complexity index is 417. The first-order chi connectivity index (χ1) is 7.86. The number of nitrogens with one attached hydrogen (secondary N) is 2. The number of H-pyrrole nitrogens is 1. The average Bonchev–Trinajstić information content (AvgIpc) is 2.92. The first-order valence-corrected chi connectivity index (χ1v) is 5.55. The molecule has 0 saturated heterocycles. The van der Waals surface area contributed by atoms with Crippen LogP contribution in [0.5, 0.6) is 0 Å². The lowest BCUT2D eigenvalue weighted by molar-refractivity contribution is 0.525. The van der Waals surface area contributed by atoms with E-state index in [1.165, 1.54) is 0 Å². The van der Waals surface area contributed by atoms with Gasteiger partial charge in [0.25, 0.3) is 0 Å². The van der Waals surface area contributed by atoms with Crippen LogP contribution in [0.4, 0.5) is 0 Å². The Morgan fingerprint density at radius 3 is 3.00 bits per heavy atom. The molecule has 2 aromatic heterocycles. The normalized spacial score (nSPS) is 12.9. The minimum atomic E-state index is 0.0732. The fraction of sp³-hybridized carbons (Fsp3) is 0.455. The van der Waals surface area contributed by atoms with Gasteiger partial charge >= 0.3 is 0 Å². The van der Waals surface area contributed by atoms with Gasteiger partial charge in [-0.25, -0.2) is 4.98 Å². The molecule has 5 heteroatoms. The van der Waals surface area contributed by atoms with Crippen molar-refractivity contribution < 1.29 is 0 Å². The van der Waals surface area contributed by atoms with Crippen molar-refractivity contribution in [1.82, 2.24) is 25.1 Å². The van der Waals surface area contributed by atoms with Crippen molar-refractivity contribution in [1.29, 1.82) is 0 Å². The van der Waals surface area contributed by atoms with Crippen molar-refractivity contribution in [2.75, 3.05) is 7.05 Å². The molecular formula is C11H17N5. The Morgan fingerprint density at radius 2 is 2.38 bits per heavy atom. The van der Waals surface area contributed by atoms with Gasteiger partial charge in [-0.1, -0.05) is 6.92 Å². The lowest BCUT2D eigenvalue weighted by Crippen LogP contribution is -2.22. The summed E-state index contributed by atoms with van der Waals surface area (Å²) in [4.78, 5) is 7.42. The summed E-state index contributed by atoms with van der Waals surface area (Å²) in [5.74, 6) is 0.917. The van der Waals surface area contributed by atoms with Gasteiger partial charge in [0, 0.05) is 25.1 Å². The van der Waals surface area contributed by atoms with Crippen LogP contribution in [0.2, 0.25) is 0 Å². The number of rotatable bonds is 5. The Hall–Kier alpha value is -1.62. The Kier molecular flexibility index (Phi) is 3.36. The Morgan fingerprint density at radius 1 is 1.50 bits per heavy atom. The van der Waals surface area contributed by atoms with Crippen molar-refractivity contribution in [3.63, 3.8) is 0 Å². The molecule has 2 aromatic rings. The summed E-state index contributed by atoms with van der Waals surface area (Å²) >= 11 is 0. The van der Waals surface area contributed by atoms with Crippen molar-refractivity contribution in [2.24, 2.45) is 0 Å². The Labute approximate surface area is 94.9 Å². The lowest BCUT2D eigenvalue weighted by Gasteiger charge is -2.15. The van der Waals surface area contributed by atoms with Gasteiger partial charge in [-0.3, -0.25) is 4.68 Å². The zero-order valence-corrected chi connectivity index (χ0v) is 9.64. The molecule has 5 nitrogen and oxygen atoms in total. The van der Waals surface area contributed by atoms with Gasteiger partial charge in [-0.15, -0.1) is 0 Å². The molecule has 1 atom stereocenters. The fourth-order valence-corrected chi connectivity index (χ4v) is 1.85. The van der Waals surface area contributed by atoms with Crippen LogP contribution in [-0.4, -0.2) is 26.8 Å². The lowest BCUT2D eigenvalue weighted by atomic mass is 10.2. The molecule has 0 aliphatic carbocycles. The number of hydrogen-bond donors (Lipinski definition) is 2. The summed E-state index contributed by atoms with van der Waals surface area (Å²) in [6.07, 6.45) is 6.50. The SMILES string of the molecule is CCCn1nccc1C(NC)c1ncc[nH]1. The maximum absolute atomic E-state index is 4.32. The number of aromatic nitrogens is 4. The van der Waals surface area contributed by atoms with Gasteiger partial charge in [0.1, 0.15) is 11.9 Å². The molecule has 0 aliphatic heterocycles. The number of aromatic amines is 1. The molecule has 0 aliphatic rings. The molecule has 0 spiro atoms. The monoisotopic (exact) mass is 219 g/mol. The maximum atomic E-state index is 4.32. The van der Waals surface area contributed by atoms with Gasteiger partial charge in [-0.2, -0.15) is 5.10 Å². The van der Waals surface area contributed by atoms with Crippen molar-refractivity contribution in [2.45, 2.75) is 25.9 Å². The quantitative estimate of drug-likeness (QED) is 0.797. The molecule has 2 rings (SSSR count). The van der Waals surface area contributed by atoms with Crippen LogP contribution in [-0.2, 0) is 6.54 Å². The zero-order chi connectivity index (χ0) is 11.4. The van der Waals surface area contributed by atoms with E-state index in [0.717, 1.165) is 24.5 Å². The van der Waals surface area contributed by atoms with Gasteiger partial charge in [-0.05, 0) is 19.5 Å². The molecule has 0 saturated carbocycles. The van der Waals surface area contributed by atoms with E-state index in [2.05, 4.69) is 27.3 Å². The third kappa shape index (κ3) is 1.99. The first kappa shape index (κ1) is 10.9. The van der Waals surface area contributed by atoms with Gasteiger partial charge < -0.3 is 10.3 Å². The molecule has 0 aromatic carbocycles. The van der Waals surface area contributed by atoms with E-state index < -0.39 is 0 Å². The highest BCUT2D eigenvalue weighted by atomic mass is 15.3. The summed E-state index contributed by atoms with van der Waals surface area (Å²) in [6, 6.07) is 2.10. The number of nitrogens with zero attached hydrogens (tertiary/aromatic N) is 3. The highest BCUT2D eigenvalue weighted by molar-refractivity contribution is 5.16. The average molecular weight is 219 g/mol. The van der Waals surface area contributed by atoms with Crippen LogP contribution in [0.1, 0.15) is 30.9 Å². The van der Waals surface area contributed by atoms with Crippen molar-refractivity contribution >= 4 is 0 Å². The number of aryl methyl sites for hydroxylation is 1. The van der Waals surface area contributed by atoms with Crippen molar-refractivity contribution in [3.05, 3.63) is 36.2 Å². The molecule has 0 radical (unpaired) electrons. The highest BCUT2D eigenvalue weighted by Crippen LogP contribution is 2.18. The fourth-order valence-electron chi connectivity index (χ4n) is 1.85. The van der Waals surface area contributed by atoms with Gasteiger partial charge in [0.2, 0.25) is 0 Å². The van der Waals surface area contributed by atoms with E-state index in [1.54, 1.807) is 6.20 Å². The molecule has 16 heavy (non-hydrogen) atoms. The smallest absolute Gasteiger partial charge is 0.129 e. The van der Waals surface area contributed by atoms with E-state index in [1.807, 2.05) is 30.2 Å². The molecule has 2 heterocycles. The molecular weight excluding hydrogens is 202 g/mol. The molecule has 2 N–H and O–H groups in total. The predicted molar refractivity (Wildman–Crippen MR) is 62.0 cm³/mol. The van der Waals surface area contributed by atoms with E-state index in [4.69, 9.17) is 0 Å². The summed E-state index contributed by atoms with van der Waals surface area (Å²) in [7, 11) is 1.93.